The van der Waals surface area contributed by atoms with E-state index in [4.69, 9.17) is 4.74 Å². The SMILES string of the molecule is O=C(c1ccnnc1)N1CCC[C@]2(C[C@H](Nc3cccc(F)c3)CO2)C1. The number of ether oxygens (including phenoxy) is 1. The zero-order chi connectivity index (χ0) is 18.0. The lowest BCUT2D eigenvalue weighted by atomic mass is 9.88. The molecule has 0 aliphatic carbocycles. The number of hydrogen-bond donors (Lipinski definition) is 1. The van der Waals surface area contributed by atoms with E-state index in [9.17, 15) is 9.18 Å². The highest BCUT2D eigenvalue weighted by atomic mass is 19.1. The Bertz CT molecular complexity index is 788. The van der Waals surface area contributed by atoms with Gasteiger partial charge < -0.3 is 15.0 Å². The van der Waals surface area contributed by atoms with E-state index in [-0.39, 0.29) is 23.4 Å². The molecular formula is C19H21FN4O2. The molecule has 2 atom stereocenters. The molecule has 2 fully saturated rings. The van der Waals surface area contributed by atoms with Crippen molar-refractivity contribution >= 4 is 11.6 Å². The van der Waals surface area contributed by atoms with Gasteiger partial charge in [-0.05, 0) is 37.1 Å². The molecule has 2 aliphatic heterocycles. The van der Waals surface area contributed by atoms with Crippen LogP contribution in [0, 0.1) is 5.82 Å². The Morgan fingerprint density at radius 3 is 3.08 bits per heavy atom. The number of likely N-dealkylation sites (tertiary alicyclic amines) is 1. The number of hydrogen-bond acceptors (Lipinski definition) is 5. The molecule has 4 rings (SSSR count). The van der Waals surface area contributed by atoms with Crippen molar-refractivity contribution in [2.45, 2.75) is 30.9 Å². The molecule has 3 heterocycles. The molecule has 136 valence electrons. The van der Waals surface area contributed by atoms with E-state index in [1.807, 2.05) is 11.0 Å². The number of carbonyl (C=O) groups excluding carboxylic acids is 1. The van der Waals surface area contributed by atoms with Crippen molar-refractivity contribution in [2.24, 2.45) is 0 Å². The molecule has 1 aromatic heterocycles. The zero-order valence-corrected chi connectivity index (χ0v) is 14.4. The highest BCUT2D eigenvalue weighted by molar-refractivity contribution is 5.93. The first kappa shape index (κ1) is 16.9. The van der Waals surface area contributed by atoms with Gasteiger partial charge in [-0.25, -0.2) is 4.39 Å². The maximum atomic E-state index is 13.4. The van der Waals surface area contributed by atoms with E-state index >= 15 is 0 Å². The fourth-order valence-electron chi connectivity index (χ4n) is 3.91. The zero-order valence-electron chi connectivity index (χ0n) is 14.4. The van der Waals surface area contributed by atoms with E-state index in [0.717, 1.165) is 24.9 Å². The van der Waals surface area contributed by atoms with Crippen LogP contribution in [0.15, 0.2) is 42.7 Å². The number of aromatic nitrogens is 2. The van der Waals surface area contributed by atoms with E-state index in [0.29, 0.717) is 25.3 Å². The third kappa shape index (κ3) is 3.53. The summed E-state index contributed by atoms with van der Waals surface area (Å²) in [5.41, 5.74) is 0.964. The minimum absolute atomic E-state index is 0.0379. The van der Waals surface area contributed by atoms with Crippen molar-refractivity contribution in [1.29, 1.82) is 0 Å². The van der Waals surface area contributed by atoms with Crippen LogP contribution < -0.4 is 5.32 Å². The van der Waals surface area contributed by atoms with Crippen LogP contribution in [0.2, 0.25) is 0 Å². The number of piperidine rings is 1. The minimum atomic E-state index is -0.334. The van der Waals surface area contributed by atoms with E-state index < -0.39 is 0 Å². The number of nitrogens with one attached hydrogen (secondary N) is 1. The van der Waals surface area contributed by atoms with Gasteiger partial charge in [-0.1, -0.05) is 6.07 Å². The number of rotatable bonds is 3. The lowest BCUT2D eigenvalue weighted by Gasteiger charge is -2.39. The summed E-state index contributed by atoms with van der Waals surface area (Å²) >= 11 is 0. The lowest BCUT2D eigenvalue weighted by molar-refractivity contribution is -0.0447. The summed E-state index contributed by atoms with van der Waals surface area (Å²) in [6.07, 6.45) is 5.64. The van der Waals surface area contributed by atoms with Crippen LogP contribution >= 0.6 is 0 Å². The topological polar surface area (TPSA) is 67.4 Å². The second kappa shape index (κ2) is 6.99. The molecule has 1 aromatic carbocycles. The first-order valence-electron chi connectivity index (χ1n) is 8.86. The van der Waals surface area contributed by atoms with Crippen LogP contribution in [0.5, 0.6) is 0 Å². The molecule has 1 N–H and O–H groups in total. The van der Waals surface area contributed by atoms with Crippen molar-refractivity contribution in [1.82, 2.24) is 15.1 Å². The predicted molar refractivity (Wildman–Crippen MR) is 94.3 cm³/mol. The number of halogens is 1. The summed E-state index contributed by atoms with van der Waals surface area (Å²) in [5, 5.41) is 10.8. The lowest BCUT2D eigenvalue weighted by Crippen LogP contribution is -2.50. The van der Waals surface area contributed by atoms with E-state index in [1.54, 1.807) is 12.1 Å². The molecule has 26 heavy (non-hydrogen) atoms. The molecule has 7 heteroatoms. The maximum Gasteiger partial charge on any atom is 0.255 e. The third-order valence-corrected chi connectivity index (χ3v) is 5.06. The number of benzene rings is 1. The first-order chi connectivity index (χ1) is 12.6. The average molecular weight is 356 g/mol. The molecule has 2 aromatic rings. The summed E-state index contributed by atoms with van der Waals surface area (Å²) in [4.78, 5) is 14.5. The van der Waals surface area contributed by atoms with Crippen molar-refractivity contribution in [3.63, 3.8) is 0 Å². The second-order valence-electron chi connectivity index (χ2n) is 7.01. The molecule has 0 radical (unpaired) electrons. The van der Waals surface area contributed by atoms with Gasteiger partial charge in [0, 0.05) is 18.7 Å². The Hall–Kier alpha value is -2.54. The maximum absolute atomic E-state index is 13.4. The van der Waals surface area contributed by atoms with Gasteiger partial charge in [-0.2, -0.15) is 10.2 Å². The van der Waals surface area contributed by atoms with E-state index in [2.05, 4.69) is 15.5 Å². The summed E-state index contributed by atoms with van der Waals surface area (Å²) in [6.45, 7) is 1.83. The summed E-state index contributed by atoms with van der Waals surface area (Å²) in [5.74, 6) is -0.298. The van der Waals surface area contributed by atoms with Gasteiger partial charge >= 0.3 is 0 Å². The Morgan fingerprint density at radius 2 is 2.27 bits per heavy atom. The highest BCUT2D eigenvalue weighted by Gasteiger charge is 2.44. The predicted octanol–water partition coefficient (Wildman–Crippen LogP) is 2.49. The standard InChI is InChI=1S/C19H21FN4O2/c20-15-3-1-4-16(9-15)23-17-10-19(26-12-17)6-2-8-24(13-19)18(25)14-5-7-21-22-11-14/h1,3-5,7,9,11,17,23H,2,6,8,10,12-13H2/t17-,19-/m0/s1. The number of carbonyl (C=O) groups is 1. The van der Waals surface area contributed by atoms with Gasteiger partial charge in [0.1, 0.15) is 5.82 Å². The quantitative estimate of drug-likeness (QED) is 0.915. The molecule has 1 spiro atoms. The first-order valence-corrected chi connectivity index (χ1v) is 8.86. The average Bonchev–Trinajstić information content (AvgIpc) is 3.03. The van der Waals surface area contributed by atoms with Crippen molar-refractivity contribution in [3.05, 3.63) is 54.1 Å². The molecule has 0 saturated carbocycles. The van der Waals surface area contributed by atoms with E-state index in [1.165, 1.54) is 24.5 Å². The van der Waals surface area contributed by atoms with Gasteiger partial charge in [0.05, 0.1) is 42.8 Å². The van der Waals surface area contributed by atoms with Crippen LogP contribution in [0.4, 0.5) is 10.1 Å². The highest BCUT2D eigenvalue weighted by Crippen LogP contribution is 2.36. The van der Waals surface area contributed by atoms with Crippen molar-refractivity contribution in [3.8, 4) is 0 Å². The molecule has 0 unspecified atom stereocenters. The number of anilines is 1. The van der Waals surface area contributed by atoms with Crippen LogP contribution in [-0.4, -0.2) is 52.3 Å². The molecule has 2 saturated heterocycles. The van der Waals surface area contributed by atoms with Crippen LogP contribution in [0.3, 0.4) is 0 Å². The van der Waals surface area contributed by atoms with Gasteiger partial charge in [0.2, 0.25) is 0 Å². The summed E-state index contributed by atoms with van der Waals surface area (Å²) < 4.78 is 19.5. The Balaban J connectivity index is 1.42. The van der Waals surface area contributed by atoms with Crippen molar-refractivity contribution in [2.75, 3.05) is 25.0 Å². The smallest absolute Gasteiger partial charge is 0.255 e. The van der Waals surface area contributed by atoms with Gasteiger partial charge in [0.25, 0.3) is 5.91 Å². The molecule has 2 aliphatic rings. The minimum Gasteiger partial charge on any atom is -0.380 e. The Morgan fingerprint density at radius 1 is 1.35 bits per heavy atom. The van der Waals surface area contributed by atoms with Gasteiger partial charge in [-0.15, -0.1) is 0 Å². The molecular weight excluding hydrogens is 335 g/mol. The number of nitrogens with zero attached hydrogens (tertiary/aromatic N) is 3. The van der Waals surface area contributed by atoms with Crippen LogP contribution in [-0.2, 0) is 4.74 Å². The molecule has 6 nitrogen and oxygen atoms in total. The second-order valence-corrected chi connectivity index (χ2v) is 7.01. The number of amides is 1. The monoisotopic (exact) mass is 356 g/mol. The summed E-state index contributed by atoms with van der Waals surface area (Å²) in [7, 11) is 0. The normalized spacial score (nSPS) is 25.4. The molecule has 0 bridgehead atoms. The third-order valence-electron chi connectivity index (χ3n) is 5.06. The van der Waals surface area contributed by atoms with Crippen LogP contribution in [0.1, 0.15) is 29.6 Å². The fraction of sp³-hybridized carbons (Fsp3) is 0.421. The Kier molecular flexibility index (Phi) is 4.55. The van der Waals surface area contributed by atoms with Gasteiger partial charge in [0.15, 0.2) is 0 Å². The van der Waals surface area contributed by atoms with Gasteiger partial charge in [-0.3, -0.25) is 4.79 Å². The van der Waals surface area contributed by atoms with Crippen LogP contribution in [0.25, 0.3) is 0 Å². The molecule has 1 amide bonds. The Labute approximate surface area is 151 Å². The van der Waals surface area contributed by atoms with Crippen molar-refractivity contribution < 1.29 is 13.9 Å². The fourth-order valence-corrected chi connectivity index (χ4v) is 3.91. The largest absolute Gasteiger partial charge is 0.380 e. The summed E-state index contributed by atoms with van der Waals surface area (Å²) in [6, 6.07) is 8.23.